The van der Waals surface area contributed by atoms with Crippen LogP contribution in [0.15, 0.2) is 18.2 Å². The molecule has 0 spiro atoms. The average molecular weight is 283 g/mol. The lowest BCUT2D eigenvalue weighted by atomic mass is 9.89. The molecule has 3 rings (SSSR count). The topological polar surface area (TPSA) is 34.1 Å². The first-order valence-corrected chi connectivity index (χ1v) is 6.60. The number of hydrogen-bond acceptors (Lipinski definition) is 2. The summed E-state index contributed by atoms with van der Waals surface area (Å²) >= 11 is 11.9. The lowest BCUT2D eigenvalue weighted by Gasteiger charge is -2.13. The van der Waals surface area contributed by atoms with E-state index in [0.29, 0.717) is 22.0 Å². The van der Waals surface area contributed by atoms with Crippen LogP contribution in [0, 0.1) is 10.8 Å². The number of ketones is 2. The van der Waals surface area contributed by atoms with Gasteiger partial charge >= 0.3 is 0 Å². The minimum absolute atomic E-state index is 0.00772. The van der Waals surface area contributed by atoms with Gasteiger partial charge in [0.25, 0.3) is 0 Å². The zero-order valence-corrected chi connectivity index (χ0v) is 11.6. The molecule has 1 aromatic rings. The molecule has 0 saturated heterocycles. The van der Waals surface area contributed by atoms with Crippen LogP contribution in [0.5, 0.6) is 0 Å². The SMILES string of the molecule is CC12CC1(C)C(=O)C(c1cc(Cl)cc(Cl)c1)C2=O. The van der Waals surface area contributed by atoms with Crippen molar-refractivity contribution < 1.29 is 9.59 Å². The first-order valence-electron chi connectivity index (χ1n) is 5.84. The fourth-order valence-electron chi connectivity index (χ4n) is 3.18. The van der Waals surface area contributed by atoms with Crippen molar-refractivity contribution in [1.29, 1.82) is 0 Å². The van der Waals surface area contributed by atoms with Crippen molar-refractivity contribution in [3.63, 3.8) is 0 Å². The number of rotatable bonds is 1. The van der Waals surface area contributed by atoms with E-state index in [9.17, 15) is 9.59 Å². The van der Waals surface area contributed by atoms with Crippen LogP contribution in [-0.4, -0.2) is 11.6 Å². The van der Waals surface area contributed by atoms with Crippen LogP contribution in [0.2, 0.25) is 10.0 Å². The Hall–Kier alpha value is -0.860. The van der Waals surface area contributed by atoms with Crippen molar-refractivity contribution in [2.45, 2.75) is 26.2 Å². The third-order valence-corrected chi connectivity index (χ3v) is 5.07. The van der Waals surface area contributed by atoms with E-state index < -0.39 is 16.7 Å². The summed E-state index contributed by atoms with van der Waals surface area (Å²) in [6, 6.07) is 4.91. The predicted octanol–water partition coefficient (Wildman–Crippen LogP) is 3.65. The first-order chi connectivity index (χ1) is 8.29. The standard InChI is InChI=1S/C14H12Cl2O2/c1-13-6-14(13,2)12(18)10(11(13)17)7-3-8(15)5-9(16)4-7/h3-5,10H,6H2,1-2H3. The summed E-state index contributed by atoms with van der Waals surface area (Å²) in [5.41, 5.74) is -0.343. The summed E-state index contributed by atoms with van der Waals surface area (Å²) in [6.07, 6.45) is 0.669. The zero-order chi connectivity index (χ0) is 13.3. The number of fused-ring (bicyclic) bond motifs is 1. The molecule has 2 fully saturated rings. The van der Waals surface area contributed by atoms with Crippen molar-refractivity contribution in [2.75, 3.05) is 0 Å². The van der Waals surface area contributed by atoms with E-state index >= 15 is 0 Å². The summed E-state index contributed by atoms with van der Waals surface area (Å²) in [6.45, 7) is 3.75. The minimum Gasteiger partial charge on any atom is -0.298 e. The molecule has 0 N–H and O–H groups in total. The van der Waals surface area contributed by atoms with Crippen molar-refractivity contribution in [3.05, 3.63) is 33.8 Å². The third-order valence-electron chi connectivity index (χ3n) is 4.63. The zero-order valence-electron chi connectivity index (χ0n) is 10.1. The monoisotopic (exact) mass is 282 g/mol. The first kappa shape index (κ1) is 12.2. The van der Waals surface area contributed by atoms with Gasteiger partial charge in [0.1, 0.15) is 5.92 Å². The molecule has 0 heterocycles. The maximum Gasteiger partial charge on any atom is 0.154 e. The molecule has 0 bridgehead atoms. The number of carbonyl (C=O) groups is 2. The molecular formula is C14H12Cl2O2. The Kier molecular flexibility index (Phi) is 2.28. The second kappa shape index (κ2) is 3.37. The van der Waals surface area contributed by atoms with Crippen LogP contribution >= 0.6 is 23.2 Å². The Morgan fingerprint density at radius 2 is 1.44 bits per heavy atom. The second-order valence-electron chi connectivity index (χ2n) is 5.71. The fourth-order valence-corrected chi connectivity index (χ4v) is 3.72. The van der Waals surface area contributed by atoms with Crippen molar-refractivity contribution in [3.8, 4) is 0 Å². The molecule has 2 saturated carbocycles. The van der Waals surface area contributed by atoms with Crippen LogP contribution < -0.4 is 0 Å². The molecule has 0 radical (unpaired) electrons. The van der Waals surface area contributed by atoms with Gasteiger partial charge in [-0.3, -0.25) is 9.59 Å². The van der Waals surface area contributed by atoms with Gasteiger partial charge in [-0.05, 0) is 30.2 Å². The minimum atomic E-state index is -0.690. The van der Waals surface area contributed by atoms with Crippen molar-refractivity contribution >= 4 is 34.8 Å². The van der Waals surface area contributed by atoms with Gasteiger partial charge in [0.15, 0.2) is 11.6 Å². The Bertz CT molecular complexity index is 549. The molecule has 94 valence electrons. The largest absolute Gasteiger partial charge is 0.298 e. The molecule has 2 aliphatic rings. The Labute approximate surface area is 115 Å². The van der Waals surface area contributed by atoms with E-state index in [0.717, 1.165) is 0 Å². The highest BCUT2D eigenvalue weighted by Crippen LogP contribution is 2.72. The summed E-state index contributed by atoms with van der Waals surface area (Å²) in [4.78, 5) is 24.8. The predicted molar refractivity (Wildman–Crippen MR) is 70.0 cm³/mol. The average Bonchev–Trinajstić information content (AvgIpc) is 2.78. The summed E-state index contributed by atoms with van der Waals surface area (Å²) < 4.78 is 0. The molecule has 2 aliphatic carbocycles. The van der Waals surface area contributed by atoms with Gasteiger partial charge < -0.3 is 0 Å². The van der Waals surface area contributed by atoms with Crippen molar-refractivity contribution in [1.82, 2.24) is 0 Å². The number of hydrogen-bond donors (Lipinski definition) is 0. The highest BCUT2D eigenvalue weighted by atomic mass is 35.5. The lowest BCUT2D eigenvalue weighted by molar-refractivity contribution is -0.128. The Morgan fingerprint density at radius 1 is 1.00 bits per heavy atom. The van der Waals surface area contributed by atoms with Gasteiger partial charge in [0.05, 0.1) is 0 Å². The molecule has 2 nitrogen and oxygen atoms in total. The molecule has 0 aromatic heterocycles. The summed E-state index contributed by atoms with van der Waals surface area (Å²) in [5, 5.41) is 0.906. The van der Waals surface area contributed by atoms with E-state index in [2.05, 4.69) is 0 Å². The molecular weight excluding hydrogens is 271 g/mol. The van der Waals surface area contributed by atoms with Crippen LogP contribution in [0.4, 0.5) is 0 Å². The molecule has 4 heteroatoms. The maximum absolute atomic E-state index is 12.4. The smallest absolute Gasteiger partial charge is 0.154 e. The van der Waals surface area contributed by atoms with Crippen molar-refractivity contribution in [2.24, 2.45) is 10.8 Å². The summed E-state index contributed by atoms with van der Waals surface area (Å²) in [5.74, 6) is -0.674. The lowest BCUT2D eigenvalue weighted by Crippen LogP contribution is -2.20. The summed E-state index contributed by atoms with van der Waals surface area (Å²) in [7, 11) is 0. The molecule has 0 amide bonds. The maximum atomic E-state index is 12.4. The molecule has 2 atom stereocenters. The molecule has 2 unspecified atom stereocenters. The van der Waals surface area contributed by atoms with E-state index in [1.54, 1.807) is 18.2 Å². The van der Waals surface area contributed by atoms with Crippen LogP contribution in [0.25, 0.3) is 0 Å². The van der Waals surface area contributed by atoms with Gasteiger partial charge in [0, 0.05) is 20.9 Å². The van der Waals surface area contributed by atoms with Crippen LogP contribution in [0.1, 0.15) is 31.7 Å². The highest BCUT2D eigenvalue weighted by molar-refractivity contribution is 6.35. The fraction of sp³-hybridized carbons (Fsp3) is 0.429. The molecule has 0 aliphatic heterocycles. The third kappa shape index (κ3) is 1.31. The van der Waals surface area contributed by atoms with Gasteiger partial charge in [0.2, 0.25) is 0 Å². The van der Waals surface area contributed by atoms with E-state index in [1.165, 1.54) is 0 Å². The van der Waals surface area contributed by atoms with Crippen LogP contribution in [0.3, 0.4) is 0 Å². The second-order valence-corrected chi connectivity index (χ2v) is 6.58. The Morgan fingerprint density at radius 3 is 1.89 bits per heavy atom. The normalized spacial score (nSPS) is 37.9. The van der Waals surface area contributed by atoms with Gasteiger partial charge in [-0.1, -0.05) is 37.0 Å². The van der Waals surface area contributed by atoms with E-state index in [1.807, 2.05) is 13.8 Å². The van der Waals surface area contributed by atoms with Gasteiger partial charge in [-0.25, -0.2) is 0 Å². The van der Waals surface area contributed by atoms with Gasteiger partial charge in [-0.2, -0.15) is 0 Å². The quantitative estimate of drug-likeness (QED) is 0.737. The number of carbonyl (C=O) groups excluding carboxylic acids is 2. The Balaban J connectivity index is 2.09. The van der Waals surface area contributed by atoms with E-state index in [4.69, 9.17) is 23.2 Å². The molecule has 18 heavy (non-hydrogen) atoms. The number of Topliss-reactive ketones (excluding diaryl/α,β-unsaturated/α-hetero) is 2. The van der Waals surface area contributed by atoms with Gasteiger partial charge in [-0.15, -0.1) is 0 Å². The van der Waals surface area contributed by atoms with Crippen LogP contribution in [-0.2, 0) is 9.59 Å². The molecule has 1 aromatic carbocycles. The highest BCUT2D eigenvalue weighted by Gasteiger charge is 2.77. The number of benzene rings is 1. The number of halogens is 2. The van der Waals surface area contributed by atoms with E-state index in [-0.39, 0.29) is 11.6 Å².